The van der Waals surface area contributed by atoms with Crippen molar-refractivity contribution in [3.8, 4) is 0 Å². The van der Waals surface area contributed by atoms with Gasteiger partial charge in [0.15, 0.2) is 11.0 Å². The Bertz CT molecular complexity index is 822. The van der Waals surface area contributed by atoms with Gasteiger partial charge in [0.25, 0.3) is 0 Å². The third-order valence-corrected chi connectivity index (χ3v) is 5.10. The minimum Gasteiger partial charge on any atom is -0.388 e. The molecule has 3 rings (SSSR count). The van der Waals surface area contributed by atoms with Crippen molar-refractivity contribution >= 4 is 39.9 Å². The van der Waals surface area contributed by atoms with E-state index in [1.54, 1.807) is 0 Å². The molecule has 136 valence electrons. The van der Waals surface area contributed by atoms with Crippen LogP contribution in [0.3, 0.4) is 0 Å². The topological polar surface area (TPSA) is 62.1 Å². The monoisotopic (exact) mass is 386 g/mol. The molecule has 2 atom stereocenters. The summed E-state index contributed by atoms with van der Waals surface area (Å²) in [6.07, 6.45) is 2.92. The molecule has 5 nitrogen and oxygen atoms in total. The second-order valence-electron chi connectivity index (χ2n) is 7.86. The fourth-order valence-electron chi connectivity index (χ4n) is 4.05. The average molecular weight is 387 g/mol. The SMILES string of the molecule is CC(C)(C)[C@H]1N(c2nc(Cl)nc3c(F)c(Cl)ncc23)CCCC1(C)O. The molecule has 1 aliphatic heterocycles. The maximum Gasteiger partial charge on any atom is 0.225 e. The van der Waals surface area contributed by atoms with Crippen molar-refractivity contribution in [3.05, 3.63) is 22.5 Å². The van der Waals surface area contributed by atoms with Gasteiger partial charge in [-0.2, -0.15) is 4.98 Å². The van der Waals surface area contributed by atoms with Gasteiger partial charge in [0, 0.05) is 12.7 Å². The maximum absolute atomic E-state index is 14.4. The van der Waals surface area contributed by atoms with Gasteiger partial charge in [-0.25, -0.2) is 14.4 Å². The molecular formula is C17H21Cl2FN4O. The van der Waals surface area contributed by atoms with Crippen molar-refractivity contribution in [1.29, 1.82) is 0 Å². The molecule has 25 heavy (non-hydrogen) atoms. The summed E-state index contributed by atoms with van der Waals surface area (Å²) in [5.41, 5.74) is -1.13. The largest absolute Gasteiger partial charge is 0.388 e. The Morgan fingerprint density at radius 3 is 2.64 bits per heavy atom. The van der Waals surface area contributed by atoms with Crippen LogP contribution in [0.15, 0.2) is 6.20 Å². The standard InChI is InChI=1S/C17H21Cl2FN4O/c1-16(2,3)14-17(4,25)6-5-7-24(14)13-9-8-21-12(18)10(20)11(9)22-15(19)23-13/h8,14,25H,5-7H2,1-4H3/t14-,17?/m1/s1. The van der Waals surface area contributed by atoms with Gasteiger partial charge in [0.1, 0.15) is 11.3 Å². The summed E-state index contributed by atoms with van der Waals surface area (Å²) in [6, 6.07) is -0.235. The van der Waals surface area contributed by atoms with Crippen molar-refractivity contribution in [2.45, 2.75) is 52.2 Å². The fraction of sp³-hybridized carbons (Fsp3) is 0.588. The summed E-state index contributed by atoms with van der Waals surface area (Å²) in [4.78, 5) is 14.2. The Morgan fingerprint density at radius 2 is 2.00 bits per heavy atom. The predicted octanol–water partition coefficient (Wildman–Crippen LogP) is 4.24. The average Bonchev–Trinajstić information content (AvgIpc) is 2.48. The summed E-state index contributed by atoms with van der Waals surface area (Å²) in [7, 11) is 0. The van der Waals surface area contributed by atoms with Gasteiger partial charge in [-0.15, -0.1) is 0 Å². The van der Waals surface area contributed by atoms with Crippen LogP contribution in [0.2, 0.25) is 10.4 Å². The molecule has 1 fully saturated rings. The molecular weight excluding hydrogens is 366 g/mol. The van der Waals surface area contributed by atoms with E-state index in [1.165, 1.54) is 6.20 Å². The van der Waals surface area contributed by atoms with E-state index in [2.05, 4.69) is 35.7 Å². The first-order chi connectivity index (χ1) is 11.5. The predicted molar refractivity (Wildman–Crippen MR) is 97.8 cm³/mol. The van der Waals surface area contributed by atoms with E-state index < -0.39 is 11.4 Å². The molecule has 0 aliphatic carbocycles. The molecule has 3 heterocycles. The molecule has 0 saturated carbocycles. The maximum atomic E-state index is 14.4. The van der Waals surface area contributed by atoms with Crippen LogP contribution in [0.5, 0.6) is 0 Å². The first-order valence-electron chi connectivity index (χ1n) is 8.18. The first kappa shape index (κ1) is 18.5. The Kier molecular flexibility index (Phi) is 4.58. The second-order valence-corrected chi connectivity index (χ2v) is 8.56. The normalized spacial score (nSPS) is 24.8. The number of aromatic nitrogens is 3. The van der Waals surface area contributed by atoms with Crippen LogP contribution in [-0.4, -0.2) is 38.2 Å². The molecule has 0 spiro atoms. The van der Waals surface area contributed by atoms with Crippen molar-refractivity contribution < 1.29 is 9.50 Å². The minimum absolute atomic E-state index is 0.0351. The van der Waals surface area contributed by atoms with Crippen molar-refractivity contribution in [2.75, 3.05) is 11.4 Å². The van der Waals surface area contributed by atoms with Gasteiger partial charge in [-0.1, -0.05) is 32.4 Å². The number of fused-ring (bicyclic) bond motifs is 1. The second kappa shape index (κ2) is 6.18. The zero-order chi connectivity index (χ0) is 18.6. The number of hydrogen-bond acceptors (Lipinski definition) is 5. The van der Waals surface area contributed by atoms with Crippen LogP contribution in [0.4, 0.5) is 10.2 Å². The van der Waals surface area contributed by atoms with Crippen molar-refractivity contribution in [2.24, 2.45) is 5.41 Å². The number of halogens is 3. The van der Waals surface area contributed by atoms with E-state index in [1.807, 2.05) is 11.8 Å². The lowest BCUT2D eigenvalue weighted by Gasteiger charge is -2.52. The molecule has 1 aliphatic rings. The van der Waals surface area contributed by atoms with E-state index in [0.717, 1.165) is 6.42 Å². The van der Waals surface area contributed by atoms with E-state index in [9.17, 15) is 9.50 Å². The molecule has 1 unspecified atom stereocenters. The van der Waals surface area contributed by atoms with E-state index in [-0.39, 0.29) is 27.4 Å². The summed E-state index contributed by atoms with van der Waals surface area (Å²) in [6.45, 7) is 8.68. The molecule has 0 radical (unpaired) electrons. The van der Waals surface area contributed by atoms with Crippen LogP contribution in [0.25, 0.3) is 10.9 Å². The number of piperidine rings is 1. The Hall–Kier alpha value is -1.24. The summed E-state index contributed by atoms with van der Waals surface area (Å²) in [5, 5.41) is 11.1. The Morgan fingerprint density at radius 1 is 1.32 bits per heavy atom. The number of nitrogens with zero attached hydrogens (tertiary/aromatic N) is 4. The van der Waals surface area contributed by atoms with Crippen molar-refractivity contribution in [3.63, 3.8) is 0 Å². The van der Waals surface area contributed by atoms with Gasteiger partial charge in [-0.05, 0) is 36.8 Å². The highest BCUT2D eigenvalue weighted by molar-refractivity contribution is 6.30. The van der Waals surface area contributed by atoms with E-state index >= 15 is 0 Å². The van der Waals surface area contributed by atoms with Crippen LogP contribution >= 0.6 is 23.2 Å². The lowest BCUT2D eigenvalue weighted by atomic mass is 9.72. The summed E-state index contributed by atoms with van der Waals surface area (Å²) in [5.74, 6) is -0.251. The zero-order valence-electron chi connectivity index (χ0n) is 14.6. The number of hydrogen-bond donors (Lipinski definition) is 1. The quantitative estimate of drug-likeness (QED) is 0.586. The Labute approximate surface area is 156 Å². The van der Waals surface area contributed by atoms with E-state index in [4.69, 9.17) is 23.2 Å². The molecule has 0 amide bonds. The van der Waals surface area contributed by atoms with Crippen molar-refractivity contribution in [1.82, 2.24) is 15.0 Å². The van der Waals surface area contributed by atoms with Crippen LogP contribution in [0.1, 0.15) is 40.5 Å². The van der Waals surface area contributed by atoms with Gasteiger partial charge in [-0.3, -0.25) is 0 Å². The molecule has 2 aromatic heterocycles. The Balaban J connectivity index is 2.25. The zero-order valence-corrected chi connectivity index (χ0v) is 16.2. The number of aliphatic hydroxyl groups is 1. The number of pyridine rings is 1. The smallest absolute Gasteiger partial charge is 0.225 e. The van der Waals surface area contributed by atoms with Gasteiger partial charge < -0.3 is 10.0 Å². The third kappa shape index (κ3) is 3.27. The highest BCUT2D eigenvalue weighted by atomic mass is 35.5. The van der Waals surface area contributed by atoms with Crippen LogP contribution in [-0.2, 0) is 0 Å². The molecule has 1 saturated heterocycles. The first-order valence-corrected chi connectivity index (χ1v) is 8.94. The van der Waals surface area contributed by atoms with Crippen LogP contribution < -0.4 is 4.90 Å². The molecule has 0 aromatic carbocycles. The van der Waals surface area contributed by atoms with Gasteiger partial charge in [0.2, 0.25) is 5.28 Å². The minimum atomic E-state index is -0.918. The van der Waals surface area contributed by atoms with E-state index in [0.29, 0.717) is 24.2 Å². The highest BCUT2D eigenvalue weighted by Crippen LogP contribution is 2.42. The molecule has 0 bridgehead atoms. The summed E-state index contributed by atoms with van der Waals surface area (Å²) >= 11 is 11.8. The summed E-state index contributed by atoms with van der Waals surface area (Å²) < 4.78 is 14.4. The molecule has 8 heteroatoms. The van der Waals surface area contributed by atoms with Gasteiger partial charge in [0.05, 0.1) is 17.0 Å². The third-order valence-electron chi connectivity index (χ3n) is 4.67. The highest BCUT2D eigenvalue weighted by Gasteiger charge is 2.47. The number of anilines is 1. The lowest BCUT2D eigenvalue weighted by molar-refractivity contribution is -0.0290. The fourth-order valence-corrected chi connectivity index (χ4v) is 4.35. The van der Waals surface area contributed by atoms with Gasteiger partial charge >= 0.3 is 0 Å². The van der Waals surface area contributed by atoms with Crippen LogP contribution in [0, 0.1) is 11.2 Å². The molecule has 1 N–H and O–H groups in total. The molecule has 2 aromatic rings. The lowest BCUT2D eigenvalue weighted by Crippen LogP contribution is -2.61. The number of rotatable bonds is 1.